The second kappa shape index (κ2) is 3.74. The Morgan fingerprint density at radius 3 is 2.90 bits per heavy atom. The molecule has 0 bridgehead atoms. The Labute approximate surface area is 61.5 Å². The third kappa shape index (κ3) is 2.12. The molecule has 0 fully saturated rings. The number of ether oxygens (including phenoxy) is 1. The minimum atomic E-state index is -0.231. The molecule has 2 atom stereocenters. The molecular formula is C8H14O2. The highest BCUT2D eigenvalue weighted by atomic mass is 16.5. The molecule has 0 saturated carbocycles. The quantitative estimate of drug-likeness (QED) is 0.595. The molecule has 1 aliphatic carbocycles. The molecule has 0 aromatic heterocycles. The molecule has 0 heterocycles. The fourth-order valence-electron chi connectivity index (χ4n) is 1.15. The molecular weight excluding hydrogens is 128 g/mol. The lowest BCUT2D eigenvalue weighted by atomic mass is 10.1. The Bertz CT molecular complexity index is 120. The third-order valence-corrected chi connectivity index (χ3v) is 1.69. The molecule has 58 valence electrons. The zero-order valence-electron chi connectivity index (χ0n) is 6.29. The van der Waals surface area contributed by atoms with Gasteiger partial charge in [-0.1, -0.05) is 12.2 Å². The maximum Gasteiger partial charge on any atom is 0.0727 e. The van der Waals surface area contributed by atoms with Crippen LogP contribution in [0.1, 0.15) is 13.3 Å². The van der Waals surface area contributed by atoms with Crippen molar-refractivity contribution in [1.82, 2.24) is 0 Å². The van der Waals surface area contributed by atoms with Crippen molar-refractivity contribution in [1.29, 1.82) is 0 Å². The van der Waals surface area contributed by atoms with E-state index in [1.165, 1.54) is 0 Å². The summed E-state index contributed by atoms with van der Waals surface area (Å²) in [6, 6.07) is 0. The Hall–Kier alpha value is -0.340. The Kier molecular flexibility index (Phi) is 2.90. The Morgan fingerprint density at radius 1 is 1.60 bits per heavy atom. The number of rotatable bonds is 3. The zero-order chi connectivity index (χ0) is 7.40. The van der Waals surface area contributed by atoms with Crippen LogP contribution < -0.4 is 0 Å². The molecule has 0 radical (unpaired) electrons. The van der Waals surface area contributed by atoms with Gasteiger partial charge in [0, 0.05) is 12.5 Å². The molecule has 2 heteroatoms. The summed E-state index contributed by atoms with van der Waals surface area (Å²) in [5.41, 5.74) is 0. The highest BCUT2D eigenvalue weighted by molar-refractivity contribution is 5.02. The molecule has 2 nitrogen and oxygen atoms in total. The molecule has 0 aromatic carbocycles. The van der Waals surface area contributed by atoms with Crippen LogP contribution in [0.4, 0.5) is 0 Å². The number of aliphatic hydroxyl groups excluding tert-OH is 1. The number of aliphatic hydroxyl groups is 1. The highest BCUT2D eigenvalue weighted by Gasteiger charge is 2.15. The van der Waals surface area contributed by atoms with E-state index < -0.39 is 0 Å². The maximum atomic E-state index is 9.06. The second-order valence-corrected chi connectivity index (χ2v) is 2.61. The first-order valence-corrected chi connectivity index (χ1v) is 3.77. The lowest BCUT2D eigenvalue weighted by Gasteiger charge is -2.07. The van der Waals surface area contributed by atoms with E-state index in [1.54, 1.807) is 0 Å². The average Bonchev–Trinajstić information content (AvgIpc) is 2.31. The van der Waals surface area contributed by atoms with E-state index in [0.29, 0.717) is 5.92 Å². The van der Waals surface area contributed by atoms with Crippen molar-refractivity contribution in [3.05, 3.63) is 12.2 Å². The van der Waals surface area contributed by atoms with Crippen LogP contribution in [0.15, 0.2) is 12.2 Å². The normalized spacial score (nSPS) is 31.4. The zero-order valence-corrected chi connectivity index (χ0v) is 6.29. The van der Waals surface area contributed by atoms with E-state index in [-0.39, 0.29) is 6.10 Å². The summed E-state index contributed by atoms with van der Waals surface area (Å²) in [4.78, 5) is 0. The van der Waals surface area contributed by atoms with Crippen molar-refractivity contribution < 1.29 is 9.84 Å². The molecule has 0 amide bonds. The van der Waals surface area contributed by atoms with Gasteiger partial charge in [0.15, 0.2) is 0 Å². The highest BCUT2D eigenvalue weighted by Crippen LogP contribution is 2.17. The molecule has 1 aliphatic rings. The first kappa shape index (κ1) is 7.76. The summed E-state index contributed by atoms with van der Waals surface area (Å²) in [5.74, 6) is 0.440. The summed E-state index contributed by atoms with van der Waals surface area (Å²) < 4.78 is 5.20. The molecule has 2 unspecified atom stereocenters. The van der Waals surface area contributed by atoms with Gasteiger partial charge in [-0.3, -0.25) is 0 Å². The van der Waals surface area contributed by atoms with Gasteiger partial charge >= 0.3 is 0 Å². The lowest BCUT2D eigenvalue weighted by molar-refractivity contribution is 0.110. The van der Waals surface area contributed by atoms with Crippen LogP contribution in [-0.4, -0.2) is 24.4 Å². The summed E-state index contributed by atoms with van der Waals surface area (Å²) in [7, 11) is 0. The van der Waals surface area contributed by atoms with Crippen LogP contribution in [0, 0.1) is 5.92 Å². The molecule has 0 spiro atoms. The van der Waals surface area contributed by atoms with Gasteiger partial charge in [-0.05, 0) is 13.3 Å². The van der Waals surface area contributed by atoms with Crippen molar-refractivity contribution in [2.45, 2.75) is 19.4 Å². The number of hydrogen-bond donors (Lipinski definition) is 1. The first-order chi connectivity index (χ1) is 4.83. The van der Waals surface area contributed by atoms with Crippen molar-refractivity contribution in [3.63, 3.8) is 0 Å². The van der Waals surface area contributed by atoms with Crippen molar-refractivity contribution in [2.75, 3.05) is 13.2 Å². The molecule has 1 N–H and O–H groups in total. The van der Waals surface area contributed by atoms with Gasteiger partial charge in [0.25, 0.3) is 0 Å². The van der Waals surface area contributed by atoms with Gasteiger partial charge in [-0.15, -0.1) is 0 Å². The average molecular weight is 142 g/mol. The van der Waals surface area contributed by atoms with Crippen LogP contribution in [0.25, 0.3) is 0 Å². The summed E-state index contributed by atoms with van der Waals surface area (Å²) in [6.07, 6.45) is 4.47. The van der Waals surface area contributed by atoms with Crippen molar-refractivity contribution in [3.8, 4) is 0 Å². The van der Waals surface area contributed by atoms with Gasteiger partial charge in [0.05, 0.1) is 12.7 Å². The topological polar surface area (TPSA) is 29.5 Å². The fraction of sp³-hybridized carbons (Fsp3) is 0.750. The van der Waals surface area contributed by atoms with E-state index in [4.69, 9.17) is 9.84 Å². The van der Waals surface area contributed by atoms with Crippen LogP contribution in [0.5, 0.6) is 0 Å². The smallest absolute Gasteiger partial charge is 0.0727 e. The molecule has 0 saturated heterocycles. The van der Waals surface area contributed by atoms with Gasteiger partial charge in [0.2, 0.25) is 0 Å². The Balaban J connectivity index is 2.14. The predicted octanol–water partition coefficient (Wildman–Crippen LogP) is 0.960. The molecule has 0 aliphatic heterocycles. The van der Waals surface area contributed by atoms with Crippen LogP contribution in [-0.2, 0) is 4.74 Å². The number of hydrogen-bond acceptors (Lipinski definition) is 2. The van der Waals surface area contributed by atoms with Gasteiger partial charge in [-0.25, -0.2) is 0 Å². The van der Waals surface area contributed by atoms with E-state index in [2.05, 4.69) is 0 Å². The molecule has 0 aromatic rings. The largest absolute Gasteiger partial charge is 0.389 e. The SMILES string of the molecule is CCOCC1C=CC(O)C1. The lowest BCUT2D eigenvalue weighted by Crippen LogP contribution is -2.08. The monoisotopic (exact) mass is 142 g/mol. The second-order valence-electron chi connectivity index (χ2n) is 2.61. The van der Waals surface area contributed by atoms with Crippen LogP contribution >= 0.6 is 0 Å². The summed E-state index contributed by atoms with van der Waals surface area (Å²) in [5, 5.41) is 9.06. The van der Waals surface area contributed by atoms with Gasteiger partial charge in [0.1, 0.15) is 0 Å². The van der Waals surface area contributed by atoms with E-state index in [1.807, 2.05) is 19.1 Å². The standard InChI is InChI=1S/C8H14O2/c1-2-10-6-7-3-4-8(9)5-7/h3-4,7-9H,2,5-6H2,1H3. The van der Waals surface area contributed by atoms with E-state index in [0.717, 1.165) is 19.6 Å². The Morgan fingerprint density at radius 2 is 2.40 bits per heavy atom. The molecule has 10 heavy (non-hydrogen) atoms. The van der Waals surface area contributed by atoms with Gasteiger partial charge < -0.3 is 9.84 Å². The van der Waals surface area contributed by atoms with Crippen LogP contribution in [0.2, 0.25) is 0 Å². The van der Waals surface area contributed by atoms with Gasteiger partial charge in [-0.2, -0.15) is 0 Å². The van der Waals surface area contributed by atoms with Crippen molar-refractivity contribution >= 4 is 0 Å². The minimum absolute atomic E-state index is 0.231. The predicted molar refractivity (Wildman–Crippen MR) is 39.7 cm³/mol. The van der Waals surface area contributed by atoms with Crippen molar-refractivity contribution in [2.24, 2.45) is 5.92 Å². The van der Waals surface area contributed by atoms with E-state index >= 15 is 0 Å². The summed E-state index contributed by atoms with van der Waals surface area (Å²) in [6.45, 7) is 3.50. The maximum absolute atomic E-state index is 9.06. The van der Waals surface area contributed by atoms with Crippen LogP contribution in [0.3, 0.4) is 0 Å². The molecule has 1 rings (SSSR count). The minimum Gasteiger partial charge on any atom is -0.389 e. The van der Waals surface area contributed by atoms with E-state index in [9.17, 15) is 0 Å². The summed E-state index contributed by atoms with van der Waals surface area (Å²) >= 11 is 0. The first-order valence-electron chi connectivity index (χ1n) is 3.77. The fourth-order valence-corrected chi connectivity index (χ4v) is 1.15. The third-order valence-electron chi connectivity index (χ3n) is 1.69.